The third kappa shape index (κ3) is 5.76. The Bertz CT molecular complexity index is 1430. The lowest BCUT2D eigenvalue weighted by Crippen LogP contribution is -2.36. The van der Waals surface area contributed by atoms with E-state index in [0.29, 0.717) is 38.1 Å². The fourth-order valence-electron chi connectivity index (χ4n) is 3.31. The molecule has 0 aliphatic carbocycles. The zero-order chi connectivity index (χ0) is 25.1. The molecule has 4 rings (SSSR count). The molecule has 0 radical (unpaired) electrons. The summed E-state index contributed by atoms with van der Waals surface area (Å²) >= 11 is 15.4. The highest BCUT2D eigenvalue weighted by atomic mass is 79.9. The molecule has 4 aromatic rings. The SMILES string of the molecule is COc1ccc(NC(=O)C(=O)Nn2c(C(=O)Nc3cc(Cl)cc(Cl)c3)cc3cc(Br)ccc32)cc1. The van der Waals surface area contributed by atoms with E-state index < -0.39 is 17.7 Å². The van der Waals surface area contributed by atoms with Crippen LogP contribution in [0.15, 0.2) is 71.2 Å². The Morgan fingerprint density at radius 1 is 0.829 bits per heavy atom. The van der Waals surface area contributed by atoms with Gasteiger partial charge in [-0.15, -0.1) is 0 Å². The third-order valence-corrected chi connectivity index (χ3v) is 5.81. The van der Waals surface area contributed by atoms with E-state index in [9.17, 15) is 14.4 Å². The largest absolute Gasteiger partial charge is 0.497 e. The van der Waals surface area contributed by atoms with Gasteiger partial charge in [0, 0.05) is 31.3 Å². The topological polar surface area (TPSA) is 101 Å². The average Bonchev–Trinajstić information content (AvgIpc) is 3.16. The first-order chi connectivity index (χ1) is 16.7. The molecule has 178 valence electrons. The van der Waals surface area contributed by atoms with Crippen molar-refractivity contribution in [3.8, 4) is 5.75 Å². The van der Waals surface area contributed by atoms with Crippen molar-refractivity contribution in [2.24, 2.45) is 0 Å². The zero-order valence-electron chi connectivity index (χ0n) is 18.1. The molecule has 0 saturated heterocycles. The number of carbonyl (C=O) groups excluding carboxylic acids is 3. The number of rotatable bonds is 5. The number of anilines is 2. The van der Waals surface area contributed by atoms with E-state index in [4.69, 9.17) is 27.9 Å². The smallest absolute Gasteiger partial charge is 0.328 e. The summed E-state index contributed by atoms with van der Waals surface area (Å²) in [6.07, 6.45) is 0. The molecule has 0 atom stereocenters. The van der Waals surface area contributed by atoms with E-state index in [-0.39, 0.29) is 5.69 Å². The number of nitrogens with zero attached hydrogens (tertiary/aromatic N) is 1. The van der Waals surface area contributed by atoms with Gasteiger partial charge in [-0.3, -0.25) is 19.8 Å². The fraction of sp³-hybridized carbons (Fsp3) is 0.0417. The summed E-state index contributed by atoms with van der Waals surface area (Å²) < 4.78 is 7.11. The monoisotopic (exact) mass is 574 g/mol. The van der Waals surface area contributed by atoms with Crippen LogP contribution in [0.1, 0.15) is 10.5 Å². The van der Waals surface area contributed by atoms with Gasteiger partial charge in [-0.05, 0) is 66.7 Å². The van der Waals surface area contributed by atoms with Crippen LogP contribution in [0.4, 0.5) is 11.4 Å². The molecule has 3 aromatic carbocycles. The number of benzene rings is 3. The lowest BCUT2D eigenvalue weighted by molar-refractivity contribution is -0.133. The van der Waals surface area contributed by atoms with Gasteiger partial charge in [0.25, 0.3) is 5.91 Å². The molecule has 11 heteroatoms. The summed E-state index contributed by atoms with van der Waals surface area (Å²) in [5.41, 5.74) is 3.86. The summed E-state index contributed by atoms with van der Waals surface area (Å²) in [7, 11) is 1.52. The first kappa shape index (κ1) is 24.6. The number of methoxy groups -OCH3 is 1. The van der Waals surface area contributed by atoms with Crippen molar-refractivity contribution >= 4 is 79.1 Å². The number of hydrogen-bond acceptors (Lipinski definition) is 4. The predicted octanol–water partition coefficient (Wildman–Crippen LogP) is 5.68. The first-order valence-electron chi connectivity index (χ1n) is 10.1. The van der Waals surface area contributed by atoms with Gasteiger partial charge in [-0.1, -0.05) is 39.1 Å². The van der Waals surface area contributed by atoms with Crippen LogP contribution >= 0.6 is 39.1 Å². The molecule has 1 heterocycles. The van der Waals surface area contributed by atoms with Gasteiger partial charge in [0.05, 0.1) is 12.6 Å². The maximum atomic E-state index is 13.1. The second kappa shape index (κ2) is 10.4. The van der Waals surface area contributed by atoms with Crippen LogP contribution in [0.5, 0.6) is 5.75 Å². The van der Waals surface area contributed by atoms with Crippen LogP contribution in [-0.4, -0.2) is 29.5 Å². The summed E-state index contributed by atoms with van der Waals surface area (Å²) in [6.45, 7) is 0. The van der Waals surface area contributed by atoms with E-state index in [2.05, 4.69) is 32.0 Å². The Hall–Kier alpha value is -3.53. The Morgan fingerprint density at radius 3 is 2.17 bits per heavy atom. The van der Waals surface area contributed by atoms with E-state index in [1.807, 2.05) is 0 Å². The summed E-state index contributed by atoms with van der Waals surface area (Å²) in [5, 5.41) is 6.56. The zero-order valence-corrected chi connectivity index (χ0v) is 21.2. The molecular formula is C24H17BrCl2N4O4. The summed E-state index contributed by atoms with van der Waals surface area (Å²) in [4.78, 5) is 38.4. The summed E-state index contributed by atoms with van der Waals surface area (Å²) in [6, 6.07) is 17.9. The Morgan fingerprint density at radius 2 is 1.51 bits per heavy atom. The summed E-state index contributed by atoms with van der Waals surface area (Å²) in [5.74, 6) is -1.83. The van der Waals surface area contributed by atoms with Crippen LogP contribution in [0.3, 0.4) is 0 Å². The van der Waals surface area contributed by atoms with Crippen LogP contribution in [0.2, 0.25) is 10.0 Å². The normalized spacial score (nSPS) is 10.6. The van der Waals surface area contributed by atoms with Crippen molar-refractivity contribution in [1.29, 1.82) is 0 Å². The second-order valence-corrected chi connectivity index (χ2v) is 9.09. The minimum atomic E-state index is -0.971. The number of aromatic nitrogens is 1. The van der Waals surface area contributed by atoms with E-state index in [0.717, 1.165) is 4.47 Å². The average molecular weight is 576 g/mol. The van der Waals surface area contributed by atoms with Crippen LogP contribution < -0.4 is 20.8 Å². The fourth-order valence-corrected chi connectivity index (χ4v) is 4.21. The molecule has 0 bridgehead atoms. The van der Waals surface area contributed by atoms with Crippen molar-refractivity contribution in [2.45, 2.75) is 0 Å². The molecule has 0 spiro atoms. The number of carbonyl (C=O) groups is 3. The Kier molecular flexibility index (Phi) is 7.30. The second-order valence-electron chi connectivity index (χ2n) is 7.30. The number of fused-ring (bicyclic) bond motifs is 1. The molecule has 0 unspecified atom stereocenters. The predicted molar refractivity (Wildman–Crippen MR) is 140 cm³/mol. The van der Waals surface area contributed by atoms with Crippen molar-refractivity contribution in [3.63, 3.8) is 0 Å². The number of amides is 3. The highest BCUT2D eigenvalue weighted by Crippen LogP contribution is 2.26. The lowest BCUT2D eigenvalue weighted by atomic mass is 10.2. The van der Waals surface area contributed by atoms with Crippen molar-refractivity contribution in [3.05, 3.63) is 86.9 Å². The Balaban J connectivity index is 1.61. The van der Waals surface area contributed by atoms with Gasteiger partial charge in [-0.25, -0.2) is 4.68 Å². The number of nitrogens with one attached hydrogen (secondary N) is 3. The Labute approximate surface area is 218 Å². The molecule has 0 fully saturated rings. The molecule has 0 saturated carbocycles. The van der Waals surface area contributed by atoms with Gasteiger partial charge in [0.15, 0.2) is 0 Å². The number of halogens is 3. The standard InChI is InChI=1S/C24H17BrCl2N4O4/c1-35-19-5-3-17(4-6-19)28-23(33)24(34)30-31-20-7-2-14(25)8-13(20)9-21(31)22(32)29-18-11-15(26)10-16(27)12-18/h2-12H,1H3,(H,28,33)(H,29,32)(H,30,34). The minimum absolute atomic E-state index is 0.0831. The van der Waals surface area contributed by atoms with Crippen LogP contribution in [0, 0.1) is 0 Å². The van der Waals surface area contributed by atoms with Crippen LogP contribution in [-0.2, 0) is 9.59 Å². The first-order valence-corrected chi connectivity index (χ1v) is 11.6. The molecule has 0 aliphatic heterocycles. The van der Waals surface area contributed by atoms with Crippen LogP contribution in [0.25, 0.3) is 10.9 Å². The molecule has 3 N–H and O–H groups in total. The van der Waals surface area contributed by atoms with Gasteiger partial charge in [0.2, 0.25) is 0 Å². The minimum Gasteiger partial charge on any atom is -0.497 e. The van der Waals surface area contributed by atoms with Crippen molar-refractivity contribution in [2.75, 3.05) is 23.2 Å². The van der Waals surface area contributed by atoms with E-state index in [1.54, 1.807) is 48.5 Å². The molecule has 0 aliphatic rings. The highest BCUT2D eigenvalue weighted by Gasteiger charge is 2.21. The van der Waals surface area contributed by atoms with Crippen molar-refractivity contribution in [1.82, 2.24) is 4.68 Å². The molecule has 8 nitrogen and oxygen atoms in total. The third-order valence-electron chi connectivity index (χ3n) is 4.88. The molecular weight excluding hydrogens is 559 g/mol. The van der Waals surface area contributed by atoms with E-state index in [1.165, 1.54) is 30.0 Å². The maximum Gasteiger partial charge on any atom is 0.328 e. The van der Waals surface area contributed by atoms with E-state index >= 15 is 0 Å². The molecule has 35 heavy (non-hydrogen) atoms. The lowest BCUT2D eigenvalue weighted by Gasteiger charge is -2.13. The van der Waals surface area contributed by atoms with Gasteiger partial charge < -0.3 is 15.4 Å². The molecule has 3 amide bonds. The van der Waals surface area contributed by atoms with Gasteiger partial charge in [0.1, 0.15) is 11.4 Å². The molecule has 1 aromatic heterocycles. The number of hydrogen-bond donors (Lipinski definition) is 3. The van der Waals surface area contributed by atoms with Gasteiger partial charge in [-0.2, -0.15) is 0 Å². The number of ether oxygens (including phenoxy) is 1. The van der Waals surface area contributed by atoms with Gasteiger partial charge >= 0.3 is 11.8 Å². The quantitative estimate of drug-likeness (QED) is 0.266. The van der Waals surface area contributed by atoms with Crippen molar-refractivity contribution < 1.29 is 19.1 Å². The highest BCUT2D eigenvalue weighted by molar-refractivity contribution is 9.10. The maximum absolute atomic E-state index is 13.1.